The molecule has 0 atom stereocenters. The molecule has 0 saturated heterocycles. The van der Waals surface area contributed by atoms with Crippen molar-refractivity contribution in [2.24, 2.45) is 0 Å². The first-order valence-electron chi connectivity index (χ1n) is 5.05. The normalized spacial score (nSPS) is 10.3. The molecule has 1 aromatic heterocycles. The molecular weight excluding hydrogens is 238 g/mol. The maximum absolute atomic E-state index is 6.05. The van der Waals surface area contributed by atoms with Crippen LogP contribution in [-0.2, 0) is 0 Å². The van der Waals surface area contributed by atoms with Gasteiger partial charge in [-0.1, -0.05) is 11.6 Å². The number of nitrogen functional groups attached to an aromatic ring is 1. The quantitative estimate of drug-likeness (QED) is 0.889. The van der Waals surface area contributed by atoms with E-state index < -0.39 is 0 Å². The van der Waals surface area contributed by atoms with Gasteiger partial charge in [0.15, 0.2) is 0 Å². The van der Waals surface area contributed by atoms with E-state index in [0.29, 0.717) is 16.6 Å². The summed E-state index contributed by atoms with van der Waals surface area (Å²) in [7, 11) is 1.58. The molecule has 0 spiro atoms. The number of rotatable bonds is 2. The molecule has 1 heterocycles. The van der Waals surface area contributed by atoms with Crippen LogP contribution in [0.4, 0.5) is 5.82 Å². The number of anilines is 1. The second kappa shape index (κ2) is 4.59. The lowest BCUT2D eigenvalue weighted by atomic mass is 10.1. The fourth-order valence-electron chi connectivity index (χ4n) is 1.46. The number of halogens is 1. The fraction of sp³-hybridized carbons (Fsp3) is 0.167. The summed E-state index contributed by atoms with van der Waals surface area (Å²) in [5.74, 6) is 1.07. The van der Waals surface area contributed by atoms with E-state index in [0.717, 1.165) is 16.8 Å². The lowest BCUT2D eigenvalue weighted by Gasteiger charge is -2.06. The van der Waals surface area contributed by atoms with E-state index in [1.807, 2.05) is 19.1 Å². The summed E-state index contributed by atoms with van der Waals surface area (Å²) in [6.45, 7) is 1.89. The Morgan fingerprint density at radius 1 is 1.24 bits per heavy atom. The van der Waals surface area contributed by atoms with Gasteiger partial charge in [-0.05, 0) is 36.8 Å². The van der Waals surface area contributed by atoms with Crippen LogP contribution in [0.15, 0.2) is 24.3 Å². The van der Waals surface area contributed by atoms with E-state index in [9.17, 15) is 0 Å². The number of hydrogen-bond acceptors (Lipinski definition) is 4. The van der Waals surface area contributed by atoms with Gasteiger partial charge in [0.25, 0.3) is 0 Å². The van der Waals surface area contributed by atoms with Crippen molar-refractivity contribution in [2.75, 3.05) is 12.8 Å². The number of hydrogen-bond donors (Lipinski definition) is 1. The minimum Gasteiger partial charge on any atom is -0.495 e. The molecule has 0 fully saturated rings. The topological polar surface area (TPSA) is 61.0 Å². The van der Waals surface area contributed by atoms with Gasteiger partial charge in [-0.3, -0.25) is 0 Å². The minimum absolute atomic E-state index is 0.438. The summed E-state index contributed by atoms with van der Waals surface area (Å²) in [6, 6.07) is 7.34. The van der Waals surface area contributed by atoms with Crippen LogP contribution in [0.1, 0.15) is 5.56 Å². The number of methoxy groups -OCH3 is 1. The SMILES string of the molecule is COc1ccc(-c2cc(C)c(N)nn2)cc1Cl. The highest BCUT2D eigenvalue weighted by Crippen LogP contribution is 2.29. The van der Waals surface area contributed by atoms with Gasteiger partial charge in [-0.15, -0.1) is 10.2 Å². The zero-order valence-electron chi connectivity index (χ0n) is 9.57. The molecule has 17 heavy (non-hydrogen) atoms. The molecule has 2 N–H and O–H groups in total. The highest BCUT2D eigenvalue weighted by Gasteiger charge is 2.06. The first-order chi connectivity index (χ1) is 8.11. The fourth-order valence-corrected chi connectivity index (χ4v) is 1.72. The summed E-state index contributed by atoms with van der Waals surface area (Å²) >= 11 is 6.05. The summed E-state index contributed by atoms with van der Waals surface area (Å²) in [4.78, 5) is 0. The van der Waals surface area contributed by atoms with Crippen LogP contribution in [0.3, 0.4) is 0 Å². The van der Waals surface area contributed by atoms with E-state index in [4.69, 9.17) is 22.1 Å². The van der Waals surface area contributed by atoms with Gasteiger partial charge in [-0.2, -0.15) is 0 Å². The van der Waals surface area contributed by atoms with Gasteiger partial charge >= 0.3 is 0 Å². The van der Waals surface area contributed by atoms with Gasteiger partial charge in [0, 0.05) is 5.56 Å². The molecule has 0 aliphatic heterocycles. The van der Waals surface area contributed by atoms with Crippen LogP contribution in [0.5, 0.6) is 5.75 Å². The Balaban J connectivity index is 2.46. The maximum atomic E-state index is 6.05. The maximum Gasteiger partial charge on any atom is 0.149 e. The van der Waals surface area contributed by atoms with Crippen molar-refractivity contribution < 1.29 is 4.74 Å². The van der Waals surface area contributed by atoms with Gasteiger partial charge < -0.3 is 10.5 Å². The van der Waals surface area contributed by atoms with Crippen molar-refractivity contribution >= 4 is 17.4 Å². The highest BCUT2D eigenvalue weighted by atomic mass is 35.5. The molecule has 0 aliphatic rings. The van der Waals surface area contributed by atoms with Crippen LogP contribution in [0, 0.1) is 6.92 Å². The Kier molecular flexibility index (Phi) is 3.15. The van der Waals surface area contributed by atoms with Crippen molar-refractivity contribution in [3.8, 4) is 17.0 Å². The van der Waals surface area contributed by atoms with Crippen molar-refractivity contribution in [3.05, 3.63) is 34.9 Å². The lowest BCUT2D eigenvalue weighted by molar-refractivity contribution is 0.415. The summed E-state index contributed by atoms with van der Waals surface area (Å²) < 4.78 is 5.09. The van der Waals surface area contributed by atoms with E-state index in [-0.39, 0.29) is 0 Å². The van der Waals surface area contributed by atoms with Crippen molar-refractivity contribution in [2.45, 2.75) is 6.92 Å². The second-order valence-corrected chi connectivity index (χ2v) is 4.05. The smallest absolute Gasteiger partial charge is 0.149 e. The lowest BCUT2D eigenvalue weighted by Crippen LogP contribution is -1.98. The summed E-state index contributed by atoms with van der Waals surface area (Å²) in [5, 5.41) is 8.46. The van der Waals surface area contributed by atoms with E-state index in [1.165, 1.54) is 0 Å². The minimum atomic E-state index is 0.438. The zero-order chi connectivity index (χ0) is 12.4. The molecule has 5 heteroatoms. The number of ether oxygens (including phenoxy) is 1. The average molecular weight is 250 g/mol. The molecule has 1 aromatic carbocycles. The van der Waals surface area contributed by atoms with Crippen molar-refractivity contribution in [1.82, 2.24) is 10.2 Å². The van der Waals surface area contributed by atoms with Crippen LogP contribution in [0.2, 0.25) is 5.02 Å². The largest absolute Gasteiger partial charge is 0.495 e. The molecule has 0 aliphatic carbocycles. The number of nitrogens with zero attached hydrogens (tertiary/aromatic N) is 2. The monoisotopic (exact) mass is 249 g/mol. The Bertz CT molecular complexity index is 557. The molecule has 0 bridgehead atoms. The van der Waals surface area contributed by atoms with Crippen LogP contribution in [0.25, 0.3) is 11.3 Å². The first-order valence-corrected chi connectivity index (χ1v) is 5.43. The average Bonchev–Trinajstić information content (AvgIpc) is 2.32. The Hall–Kier alpha value is -1.81. The standard InChI is InChI=1S/C12H12ClN3O/c1-7-5-10(15-16-12(7)14)8-3-4-11(17-2)9(13)6-8/h3-6H,1-2H3,(H2,14,16). The van der Waals surface area contributed by atoms with E-state index in [1.54, 1.807) is 19.2 Å². The highest BCUT2D eigenvalue weighted by molar-refractivity contribution is 6.32. The van der Waals surface area contributed by atoms with Gasteiger partial charge in [0.1, 0.15) is 11.6 Å². The molecule has 2 aromatic rings. The number of nitrogens with two attached hydrogens (primary N) is 1. The Morgan fingerprint density at radius 2 is 2.00 bits per heavy atom. The predicted octanol–water partition coefficient (Wildman–Crippen LogP) is 2.70. The number of aryl methyl sites for hydroxylation is 1. The van der Waals surface area contributed by atoms with Crippen LogP contribution >= 0.6 is 11.6 Å². The first kappa shape index (κ1) is 11.7. The molecule has 88 valence electrons. The van der Waals surface area contributed by atoms with Gasteiger partial charge in [-0.25, -0.2) is 0 Å². The van der Waals surface area contributed by atoms with Crippen LogP contribution < -0.4 is 10.5 Å². The molecule has 2 rings (SSSR count). The number of benzene rings is 1. The third-order valence-corrected chi connectivity index (χ3v) is 2.77. The van der Waals surface area contributed by atoms with Crippen molar-refractivity contribution in [3.63, 3.8) is 0 Å². The van der Waals surface area contributed by atoms with Gasteiger partial charge in [0.05, 0.1) is 17.8 Å². The third kappa shape index (κ3) is 2.31. The van der Waals surface area contributed by atoms with Crippen molar-refractivity contribution in [1.29, 1.82) is 0 Å². The molecule has 0 amide bonds. The van der Waals surface area contributed by atoms with E-state index >= 15 is 0 Å². The van der Waals surface area contributed by atoms with Crippen LogP contribution in [-0.4, -0.2) is 17.3 Å². The Morgan fingerprint density at radius 3 is 2.59 bits per heavy atom. The summed E-state index contributed by atoms with van der Waals surface area (Å²) in [6.07, 6.45) is 0. The predicted molar refractivity (Wildman–Crippen MR) is 68.2 cm³/mol. The second-order valence-electron chi connectivity index (χ2n) is 3.65. The molecule has 0 unspecified atom stereocenters. The zero-order valence-corrected chi connectivity index (χ0v) is 10.3. The Labute approximate surface area is 104 Å². The third-order valence-electron chi connectivity index (χ3n) is 2.47. The molecule has 4 nitrogen and oxygen atoms in total. The van der Waals surface area contributed by atoms with Gasteiger partial charge in [0.2, 0.25) is 0 Å². The molecule has 0 radical (unpaired) electrons. The summed E-state index contributed by atoms with van der Waals surface area (Å²) in [5.41, 5.74) is 8.13. The number of aromatic nitrogens is 2. The van der Waals surface area contributed by atoms with E-state index in [2.05, 4.69) is 10.2 Å². The molecular formula is C12H12ClN3O. The molecule has 0 saturated carbocycles.